The molecule has 2 aromatic carbocycles. The van der Waals surface area contributed by atoms with E-state index >= 15 is 0 Å². The van der Waals surface area contributed by atoms with Gasteiger partial charge in [0.1, 0.15) is 17.6 Å². The summed E-state index contributed by atoms with van der Waals surface area (Å²) < 4.78 is 41.2. The molecule has 3 unspecified atom stereocenters. The van der Waals surface area contributed by atoms with Crippen molar-refractivity contribution in [3.05, 3.63) is 65.6 Å². The van der Waals surface area contributed by atoms with Crippen molar-refractivity contribution < 1.29 is 27.5 Å². The molecule has 37 heavy (non-hydrogen) atoms. The molecule has 0 radical (unpaired) electrons. The first-order valence-electron chi connectivity index (χ1n) is 12.3. The minimum atomic E-state index is -3.84. The summed E-state index contributed by atoms with van der Waals surface area (Å²) in [5.41, 5.74) is 1.45. The maximum absolute atomic E-state index is 13.3. The average molecular weight is 534 g/mol. The van der Waals surface area contributed by atoms with Crippen LogP contribution in [0.1, 0.15) is 12.8 Å². The van der Waals surface area contributed by atoms with Gasteiger partial charge in [-0.2, -0.15) is 4.31 Å². The molecule has 3 atom stereocenters. The van der Waals surface area contributed by atoms with Gasteiger partial charge >= 0.3 is 6.03 Å². The summed E-state index contributed by atoms with van der Waals surface area (Å²) in [6, 6.07) is 13.7. The van der Waals surface area contributed by atoms with Crippen molar-refractivity contribution in [1.29, 1.82) is 0 Å². The molecule has 0 aromatic heterocycles. The third kappa shape index (κ3) is 6.83. The number of halogens is 1. The number of nitrogens with one attached hydrogen (secondary N) is 2. The van der Waals surface area contributed by atoms with Crippen LogP contribution >= 0.6 is 0 Å². The number of piperidine rings is 1. The lowest BCUT2D eigenvalue weighted by Crippen LogP contribution is -3.12. The van der Waals surface area contributed by atoms with Crippen molar-refractivity contribution in [1.82, 2.24) is 9.21 Å². The van der Waals surface area contributed by atoms with Crippen molar-refractivity contribution in [2.24, 2.45) is 5.92 Å². The lowest BCUT2D eigenvalue weighted by molar-refractivity contribution is -0.787. The summed E-state index contributed by atoms with van der Waals surface area (Å²) >= 11 is 0. The number of nitrogens with zero attached hydrogens (tertiary/aromatic N) is 3. The molecule has 2 saturated heterocycles. The molecule has 3 amide bonds. The summed E-state index contributed by atoms with van der Waals surface area (Å²) in [7, 11) is -3.84. The molecule has 0 spiro atoms. The standard InChI is InChI=1S/C25H32FN5O5S/c26-21-8-10-23(11-9-21)28-13-15-30(16-14-28)37(35,36)18-24(31(34)19-32)20-5-4-12-29(17-20)25(33)27-22-6-2-1-3-7-22/h1-3,6-11,19-20,24,31H,4-5,12-18H2,(H,27,33). The van der Waals surface area contributed by atoms with Crippen LogP contribution in [0, 0.1) is 16.9 Å². The Morgan fingerprint density at radius 3 is 2.41 bits per heavy atom. The Morgan fingerprint density at radius 2 is 1.76 bits per heavy atom. The van der Waals surface area contributed by atoms with Crippen molar-refractivity contribution in [2.45, 2.75) is 18.9 Å². The van der Waals surface area contributed by atoms with Gasteiger partial charge in [0, 0.05) is 56.6 Å². The van der Waals surface area contributed by atoms with Crippen molar-refractivity contribution in [3.8, 4) is 0 Å². The maximum Gasteiger partial charge on any atom is 0.321 e. The number of hydroxylamine groups is 2. The Morgan fingerprint density at radius 1 is 1.08 bits per heavy atom. The van der Waals surface area contributed by atoms with Gasteiger partial charge in [-0.3, -0.25) is 0 Å². The molecule has 0 saturated carbocycles. The number of hydrogen-bond acceptors (Lipinski definition) is 6. The zero-order chi connectivity index (χ0) is 26.4. The first-order chi connectivity index (χ1) is 17.8. The smallest absolute Gasteiger partial charge is 0.321 e. The number of carbonyl (C=O) groups excluding carboxylic acids is 2. The molecule has 2 N–H and O–H groups in total. The number of likely N-dealkylation sites (tertiary alicyclic amines) is 1. The van der Waals surface area contributed by atoms with Gasteiger partial charge in [-0.05, 0) is 49.2 Å². The molecule has 4 rings (SSSR count). The first-order valence-corrected chi connectivity index (χ1v) is 14.0. The van der Waals surface area contributed by atoms with Crippen LogP contribution < -0.4 is 15.3 Å². The fourth-order valence-corrected chi connectivity index (χ4v) is 6.81. The van der Waals surface area contributed by atoms with E-state index in [4.69, 9.17) is 0 Å². The lowest BCUT2D eigenvalue weighted by atomic mass is 9.91. The van der Waals surface area contributed by atoms with Crippen LogP contribution in [-0.2, 0) is 14.8 Å². The van der Waals surface area contributed by atoms with Gasteiger partial charge in [0.15, 0.2) is 0 Å². The molecule has 2 aliphatic heterocycles. The average Bonchev–Trinajstić information content (AvgIpc) is 2.92. The molecule has 2 fully saturated rings. The number of piperazine rings is 1. The van der Waals surface area contributed by atoms with Crippen LogP contribution in [-0.4, -0.2) is 81.1 Å². The maximum atomic E-state index is 13.3. The number of anilines is 2. The van der Waals surface area contributed by atoms with Gasteiger partial charge in [0.2, 0.25) is 10.0 Å². The van der Waals surface area contributed by atoms with Gasteiger partial charge in [-0.25, -0.2) is 22.4 Å². The Hall–Kier alpha value is -3.06. The van der Waals surface area contributed by atoms with E-state index in [-0.39, 0.29) is 37.9 Å². The second-order valence-corrected chi connectivity index (χ2v) is 11.4. The van der Waals surface area contributed by atoms with E-state index in [0.29, 0.717) is 38.2 Å². The Bertz CT molecular complexity index is 1160. The highest BCUT2D eigenvalue weighted by Gasteiger charge is 2.39. The van der Waals surface area contributed by atoms with E-state index in [0.717, 1.165) is 5.69 Å². The fraction of sp³-hybridized carbons (Fsp3) is 0.440. The van der Waals surface area contributed by atoms with Gasteiger partial charge < -0.3 is 25.4 Å². The molecule has 200 valence electrons. The fourth-order valence-electron chi connectivity index (χ4n) is 4.99. The van der Waals surface area contributed by atoms with Crippen molar-refractivity contribution >= 4 is 33.8 Å². The van der Waals surface area contributed by atoms with Crippen LogP contribution in [0.3, 0.4) is 0 Å². The van der Waals surface area contributed by atoms with Crippen LogP contribution in [0.15, 0.2) is 54.6 Å². The van der Waals surface area contributed by atoms with E-state index in [9.17, 15) is 27.6 Å². The second kappa shape index (κ2) is 12.0. The SMILES string of the molecule is O=C[NH+]([O-])C(CS(=O)(=O)N1CCN(c2ccc(F)cc2)CC1)C1CCCN(C(=O)Nc2ccccc2)C1. The minimum Gasteiger partial charge on any atom is -0.627 e. The summed E-state index contributed by atoms with van der Waals surface area (Å²) in [4.78, 5) is 27.8. The molecule has 2 aromatic rings. The van der Waals surface area contributed by atoms with E-state index in [1.165, 1.54) is 16.4 Å². The minimum absolute atomic E-state index is 0.190. The van der Waals surface area contributed by atoms with E-state index in [1.807, 2.05) is 11.0 Å². The number of rotatable bonds is 8. The van der Waals surface area contributed by atoms with Gasteiger partial charge in [0.05, 0.1) is 0 Å². The number of sulfonamides is 1. The summed E-state index contributed by atoms with van der Waals surface area (Å²) in [6.07, 6.45) is 1.34. The highest BCUT2D eigenvalue weighted by Crippen LogP contribution is 2.23. The number of quaternary nitrogens is 1. The normalized spacial score (nSPS) is 20.8. The predicted octanol–water partition coefficient (Wildman–Crippen LogP) is 1.13. The van der Waals surface area contributed by atoms with Crippen LogP contribution in [0.2, 0.25) is 0 Å². The summed E-state index contributed by atoms with van der Waals surface area (Å²) in [5.74, 6) is -1.25. The van der Waals surface area contributed by atoms with E-state index in [1.54, 1.807) is 41.3 Å². The van der Waals surface area contributed by atoms with Crippen molar-refractivity contribution in [3.63, 3.8) is 0 Å². The number of amides is 3. The largest absolute Gasteiger partial charge is 0.627 e. The van der Waals surface area contributed by atoms with Crippen LogP contribution in [0.5, 0.6) is 0 Å². The second-order valence-electron chi connectivity index (χ2n) is 9.41. The molecule has 0 bridgehead atoms. The first kappa shape index (κ1) is 27.0. The molecule has 2 heterocycles. The summed E-state index contributed by atoms with van der Waals surface area (Å²) in [5, 5.41) is 14.7. The molecular weight excluding hydrogens is 501 g/mol. The Kier molecular flexibility index (Phi) is 8.75. The number of urea groups is 1. The highest BCUT2D eigenvalue weighted by molar-refractivity contribution is 7.89. The number of para-hydroxylation sites is 1. The Labute approximate surface area is 216 Å². The summed E-state index contributed by atoms with van der Waals surface area (Å²) in [6.45, 7) is 1.96. The van der Waals surface area contributed by atoms with Gasteiger partial charge in [-0.1, -0.05) is 18.2 Å². The predicted molar refractivity (Wildman–Crippen MR) is 138 cm³/mol. The zero-order valence-corrected chi connectivity index (χ0v) is 21.3. The van der Waals surface area contributed by atoms with Crippen LogP contribution in [0.4, 0.5) is 20.6 Å². The number of carbonyl (C=O) groups is 2. The topological polar surface area (TPSA) is 118 Å². The van der Waals surface area contributed by atoms with E-state index < -0.39 is 32.8 Å². The Balaban J connectivity index is 1.39. The highest BCUT2D eigenvalue weighted by atomic mass is 32.2. The number of benzene rings is 2. The van der Waals surface area contributed by atoms with Crippen molar-refractivity contribution in [2.75, 3.05) is 55.2 Å². The molecular formula is C25H32FN5O5S. The lowest BCUT2D eigenvalue weighted by Gasteiger charge is -2.40. The monoisotopic (exact) mass is 533 g/mol. The van der Waals surface area contributed by atoms with E-state index in [2.05, 4.69) is 5.32 Å². The van der Waals surface area contributed by atoms with Gasteiger partial charge in [-0.15, -0.1) is 0 Å². The molecule has 0 aliphatic carbocycles. The third-order valence-corrected chi connectivity index (χ3v) is 8.97. The molecule has 12 heteroatoms. The van der Waals surface area contributed by atoms with Crippen LogP contribution in [0.25, 0.3) is 0 Å². The quantitative estimate of drug-likeness (QED) is 0.388. The number of hydrogen-bond donors (Lipinski definition) is 2. The third-order valence-electron chi connectivity index (χ3n) is 7.03. The molecule has 2 aliphatic rings. The molecule has 10 nitrogen and oxygen atoms in total. The van der Waals surface area contributed by atoms with Gasteiger partial charge in [0.25, 0.3) is 6.41 Å². The zero-order valence-electron chi connectivity index (χ0n) is 20.5.